The highest BCUT2D eigenvalue weighted by Gasteiger charge is 2.05. The van der Waals surface area contributed by atoms with Crippen LogP contribution >= 0.6 is 11.6 Å². The molecule has 1 aromatic carbocycles. The molecule has 0 aliphatic carbocycles. The summed E-state index contributed by atoms with van der Waals surface area (Å²) in [6.07, 6.45) is 4.48. The molecule has 2 heteroatoms. The van der Waals surface area contributed by atoms with E-state index in [4.69, 9.17) is 16.3 Å². The first kappa shape index (κ1) is 12.4. The molecule has 0 aromatic heterocycles. The van der Waals surface area contributed by atoms with Gasteiger partial charge in [-0.05, 0) is 30.5 Å². The first-order valence-electron chi connectivity index (χ1n) is 5.53. The maximum atomic E-state index is 6.24. The number of hydrogen-bond acceptors (Lipinski definition) is 1. The molecule has 0 heterocycles. The Morgan fingerprint density at radius 1 is 1.27 bits per heavy atom. The smallest absolute Gasteiger partial charge is 0.118 e. The topological polar surface area (TPSA) is 9.23 Å². The Hall–Kier alpha value is -0.690. The molecule has 0 radical (unpaired) electrons. The van der Waals surface area contributed by atoms with Crippen molar-refractivity contribution in [1.29, 1.82) is 0 Å². The molecule has 0 spiro atoms. The van der Waals surface area contributed by atoms with E-state index < -0.39 is 0 Å². The molecule has 15 heavy (non-hydrogen) atoms. The highest BCUT2D eigenvalue weighted by Crippen LogP contribution is 2.17. The van der Waals surface area contributed by atoms with Gasteiger partial charge in [0.15, 0.2) is 0 Å². The minimum absolute atomic E-state index is 0.262. The molecule has 1 rings (SSSR count). The maximum Gasteiger partial charge on any atom is 0.118 e. The minimum atomic E-state index is 0.262. The molecule has 0 fully saturated rings. The van der Waals surface area contributed by atoms with Gasteiger partial charge in [0.1, 0.15) is 5.75 Å². The predicted molar refractivity (Wildman–Crippen MR) is 65.9 cm³/mol. The van der Waals surface area contributed by atoms with Crippen molar-refractivity contribution in [2.45, 2.75) is 38.0 Å². The lowest BCUT2D eigenvalue weighted by atomic mass is 10.1. The van der Waals surface area contributed by atoms with Crippen LogP contribution in [0.5, 0.6) is 5.75 Å². The zero-order chi connectivity index (χ0) is 11.1. The number of methoxy groups -OCH3 is 1. The zero-order valence-electron chi connectivity index (χ0n) is 9.50. The largest absolute Gasteiger partial charge is 0.497 e. The lowest BCUT2D eigenvalue weighted by Gasteiger charge is -2.09. The van der Waals surface area contributed by atoms with Gasteiger partial charge in [0.2, 0.25) is 0 Å². The minimum Gasteiger partial charge on any atom is -0.497 e. The Morgan fingerprint density at radius 2 is 1.93 bits per heavy atom. The number of rotatable bonds is 6. The van der Waals surface area contributed by atoms with Gasteiger partial charge in [0.05, 0.1) is 7.11 Å². The van der Waals surface area contributed by atoms with Crippen LogP contribution in [-0.2, 0) is 6.42 Å². The molecule has 0 N–H and O–H groups in total. The molecule has 0 aliphatic rings. The van der Waals surface area contributed by atoms with E-state index in [2.05, 4.69) is 19.1 Å². The third-order valence-electron chi connectivity index (χ3n) is 2.49. The summed E-state index contributed by atoms with van der Waals surface area (Å²) in [5.41, 5.74) is 1.28. The third kappa shape index (κ3) is 4.57. The van der Waals surface area contributed by atoms with Gasteiger partial charge in [-0.15, -0.1) is 11.6 Å². The van der Waals surface area contributed by atoms with E-state index in [9.17, 15) is 0 Å². The molecule has 1 nitrogen and oxygen atoms in total. The molecule has 1 unspecified atom stereocenters. The number of ether oxygens (including phenoxy) is 1. The van der Waals surface area contributed by atoms with Crippen LogP contribution < -0.4 is 4.74 Å². The van der Waals surface area contributed by atoms with Crippen molar-refractivity contribution < 1.29 is 4.74 Å². The van der Waals surface area contributed by atoms with E-state index in [1.54, 1.807) is 7.11 Å². The summed E-state index contributed by atoms with van der Waals surface area (Å²) in [6.45, 7) is 2.19. The molecule has 0 bridgehead atoms. The fraction of sp³-hybridized carbons (Fsp3) is 0.538. The van der Waals surface area contributed by atoms with Gasteiger partial charge in [0, 0.05) is 5.38 Å². The zero-order valence-corrected chi connectivity index (χ0v) is 10.3. The van der Waals surface area contributed by atoms with Crippen molar-refractivity contribution in [3.05, 3.63) is 29.8 Å². The van der Waals surface area contributed by atoms with Crippen LogP contribution in [-0.4, -0.2) is 12.5 Å². The summed E-state index contributed by atoms with van der Waals surface area (Å²) in [4.78, 5) is 0. The standard InChI is InChI=1S/C13H19ClO/c1-3-4-5-12(14)10-11-6-8-13(15-2)9-7-11/h6-9,12H,3-5,10H2,1-2H3. The Kier molecular flexibility index (Phi) is 5.56. The van der Waals surface area contributed by atoms with Crippen LogP contribution in [0.25, 0.3) is 0 Å². The highest BCUT2D eigenvalue weighted by molar-refractivity contribution is 6.20. The number of halogens is 1. The van der Waals surface area contributed by atoms with Gasteiger partial charge in [-0.25, -0.2) is 0 Å². The predicted octanol–water partition coefficient (Wildman–Crippen LogP) is 4.04. The molecule has 0 saturated carbocycles. The van der Waals surface area contributed by atoms with E-state index in [0.29, 0.717) is 0 Å². The van der Waals surface area contributed by atoms with Crippen LogP contribution in [0.3, 0.4) is 0 Å². The van der Waals surface area contributed by atoms with E-state index in [-0.39, 0.29) is 5.38 Å². The Bertz CT molecular complexity index is 268. The lowest BCUT2D eigenvalue weighted by molar-refractivity contribution is 0.414. The summed E-state index contributed by atoms with van der Waals surface area (Å²) in [5, 5.41) is 0.262. The Labute approximate surface area is 97.4 Å². The van der Waals surface area contributed by atoms with Gasteiger partial charge in [0.25, 0.3) is 0 Å². The Morgan fingerprint density at radius 3 is 2.47 bits per heavy atom. The van der Waals surface area contributed by atoms with Crippen molar-refractivity contribution in [1.82, 2.24) is 0 Å². The van der Waals surface area contributed by atoms with Gasteiger partial charge in [-0.1, -0.05) is 31.9 Å². The van der Waals surface area contributed by atoms with Crippen LogP contribution in [0.1, 0.15) is 31.7 Å². The summed E-state index contributed by atoms with van der Waals surface area (Å²) >= 11 is 6.24. The van der Waals surface area contributed by atoms with E-state index >= 15 is 0 Å². The molecule has 0 amide bonds. The van der Waals surface area contributed by atoms with E-state index in [1.807, 2.05) is 12.1 Å². The number of unbranched alkanes of at least 4 members (excludes halogenated alkanes) is 1. The summed E-state index contributed by atoms with van der Waals surface area (Å²) in [5.74, 6) is 0.901. The second-order valence-corrected chi connectivity index (χ2v) is 4.41. The Balaban J connectivity index is 2.42. The van der Waals surface area contributed by atoms with Gasteiger partial charge < -0.3 is 4.74 Å². The normalized spacial score (nSPS) is 12.5. The highest BCUT2D eigenvalue weighted by atomic mass is 35.5. The number of benzene rings is 1. The second kappa shape index (κ2) is 6.73. The first-order chi connectivity index (χ1) is 7.26. The molecule has 1 aromatic rings. The van der Waals surface area contributed by atoms with Crippen molar-refractivity contribution >= 4 is 11.6 Å². The van der Waals surface area contributed by atoms with Crippen molar-refractivity contribution in [2.24, 2.45) is 0 Å². The molecule has 0 aliphatic heterocycles. The fourth-order valence-electron chi connectivity index (χ4n) is 1.55. The van der Waals surface area contributed by atoms with Crippen LogP contribution in [0.4, 0.5) is 0 Å². The number of alkyl halides is 1. The van der Waals surface area contributed by atoms with Crippen molar-refractivity contribution in [2.75, 3.05) is 7.11 Å². The summed E-state index contributed by atoms with van der Waals surface area (Å²) in [6, 6.07) is 8.14. The average Bonchev–Trinajstić information content (AvgIpc) is 2.27. The van der Waals surface area contributed by atoms with Gasteiger partial charge in [-0.2, -0.15) is 0 Å². The quantitative estimate of drug-likeness (QED) is 0.666. The van der Waals surface area contributed by atoms with Crippen LogP contribution in [0.2, 0.25) is 0 Å². The van der Waals surface area contributed by atoms with Crippen LogP contribution in [0, 0.1) is 0 Å². The molecule has 84 valence electrons. The molecular weight excluding hydrogens is 208 g/mol. The molecule has 1 atom stereocenters. The second-order valence-electron chi connectivity index (χ2n) is 3.79. The van der Waals surface area contributed by atoms with E-state index in [1.165, 1.54) is 18.4 Å². The summed E-state index contributed by atoms with van der Waals surface area (Å²) in [7, 11) is 1.68. The van der Waals surface area contributed by atoms with Crippen molar-refractivity contribution in [3.8, 4) is 5.75 Å². The fourth-order valence-corrected chi connectivity index (χ4v) is 1.88. The summed E-state index contributed by atoms with van der Waals surface area (Å²) < 4.78 is 5.11. The number of hydrogen-bond donors (Lipinski definition) is 0. The molecule has 0 saturated heterocycles. The molecular formula is C13H19ClO. The maximum absolute atomic E-state index is 6.24. The van der Waals surface area contributed by atoms with Crippen LogP contribution in [0.15, 0.2) is 24.3 Å². The third-order valence-corrected chi connectivity index (χ3v) is 2.86. The monoisotopic (exact) mass is 226 g/mol. The van der Waals surface area contributed by atoms with Gasteiger partial charge in [-0.3, -0.25) is 0 Å². The SMILES string of the molecule is CCCCC(Cl)Cc1ccc(OC)cc1. The van der Waals surface area contributed by atoms with Gasteiger partial charge >= 0.3 is 0 Å². The van der Waals surface area contributed by atoms with Crippen molar-refractivity contribution in [3.63, 3.8) is 0 Å². The van der Waals surface area contributed by atoms with E-state index in [0.717, 1.165) is 18.6 Å². The lowest BCUT2D eigenvalue weighted by Crippen LogP contribution is -2.02. The average molecular weight is 227 g/mol. The first-order valence-corrected chi connectivity index (χ1v) is 5.97.